The van der Waals surface area contributed by atoms with Crippen molar-refractivity contribution in [3.8, 4) is 28.5 Å². The Morgan fingerprint density at radius 3 is 2.61 bits per heavy atom. The van der Waals surface area contributed by atoms with Crippen LogP contribution in [0.25, 0.3) is 28.4 Å². The van der Waals surface area contributed by atoms with Gasteiger partial charge in [-0.2, -0.15) is 9.61 Å². The number of benzene rings is 2. The molecule has 0 radical (unpaired) electrons. The summed E-state index contributed by atoms with van der Waals surface area (Å²) in [6.07, 6.45) is 1.71. The summed E-state index contributed by atoms with van der Waals surface area (Å²) in [5.41, 5.74) is 4.10. The molecule has 0 atom stereocenters. The summed E-state index contributed by atoms with van der Waals surface area (Å²) in [7, 11) is 0. The maximum atomic E-state index is 12.7. The third kappa shape index (κ3) is 4.27. The normalized spacial score (nSPS) is 10.8. The lowest BCUT2D eigenvalue weighted by Crippen LogP contribution is -2.11. The summed E-state index contributed by atoms with van der Waals surface area (Å²) in [5.74, 6) is 1.10. The SMILES string of the molecule is CCOc1ccc(C(=O)Nc2cccc(-c3ccc4nnc(-c5ccccn5)n4n3)c2)cc1. The van der Waals surface area contributed by atoms with Gasteiger partial charge in [-0.05, 0) is 67.6 Å². The van der Waals surface area contributed by atoms with E-state index in [1.54, 1.807) is 35.0 Å². The molecule has 33 heavy (non-hydrogen) atoms. The first-order chi connectivity index (χ1) is 16.2. The van der Waals surface area contributed by atoms with Crippen LogP contribution in [0.5, 0.6) is 5.75 Å². The Bertz CT molecular complexity index is 1410. The summed E-state index contributed by atoms with van der Waals surface area (Å²) >= 11 is 0. The number of rotatable bonds is 6. The predicted octanol–water partition coefficient (Wildman–Crippen LogP) is 4.50. The minimum atomic E-state index is -0.199. The van der Waals surface area contributed by atoms with Crippen LogP contribution in [0.15, 0.2) is 85.1 Å². The Hall–Kier alpha value is -4.59. The van der Waals surface area contributed by atoms with Gasteiger partial charge in [0, 0.05) is 23.0 Å². The van der Waals surface area contributed by atoms with E-state index in [2.05, 4.69) is 20.5 Å². The van der Waals surface area contributed by atoms with Crippen molar-refractivity contribution < 1.29 is 9.53 Å². The highest BCUT2D eigenvalue weighted by Crippen LogP contribution is 2.23. The Labute approximate surface area is 189 Å². The second-order valence-corrected chi connectivity index (χ2v) is 7.22. The van der Waals surface area contributed by atoms with Gasteiger partial charge in [-0.1, -0.05) is 18.2 Å². The first-order valence-corrected chi connectivity index (χ1v) is 10.5. The Balaban J connectivity index is 1.41. The van der Waals surface area contributed by atoms with E-state index < -0.39 is 0 Å². The van der Waals surface area contributed by atoms with E-state index in [1.807, 2.05) is 61.5 Å². The van der Waals surface area contributed by atoms with E-state index in [0.717, 1.165) is 17.0 Å². The number of hydrogen-bond acceptors (Lipinski definition) is 6. The average molecular weight is 436 g/mol. The standard InChI is InChI=1S/C25H20N6O2/c1-2-33-20-11-9-17(10-12-20)25(32)27-19-7-5-6-18(16-19)21-13-14-23-28-29-24(31(23)30-21)22-8-3-4-15-26-22/h3-16H,2H2,1H3,(H,27,32). The van der Waals surface area contributed by atoms with Gasteiger partial charge in [0.15, 0.2) is 5.65 Å². The van der Waals surface area contributed by atoms with Gasteiger partial charge in [-0.15, -0.1) is 10.2 Å². The quantitative estimate of drug-likeness (QED) is 0.421. The van der Waals surface area contributed by atoms with Crippen LogP contribution < -0.4 is 10.1 Å². The number of aromatic nitrogens is 5. The van der Waals surface area contributed by atoms with Gasteiger partial charge in [0.1, 0.15) is 11.4 Å². The van der Waals surface area contributed by atoms with Gasteiger partial charge in [0.2, 0.25) is 5.82 Å². The zero-order valence-electron chi connectivity index (χ0n) is 17.8. The highest BCUT2D eigenvalue weighted by Gasteiger charge is 2.12. The second kappa shape index (κ2) is 8.88. The first kappa shape index (κ1) is 20.3. The number of amides is 1. The molecule has 0 aliphatic rings. The fourth-order valence-electron chi connectivity index (χ4n) is 3.43. The molecule has 162 valence electrons. The van der Waals surface area contributed by atoms with Crippen LogP contribution in [0.3, 0.4) is 0 Å². The Kier molecular flexibility index (Phi) is 5.47. The topological polar surface area (TPSA) is 94.3 Å². The number of nitrogens with zero attached hydrogens (tertiary/aromatic N) is 5. The number of nitrogens with one attached hydrogen (secondary N) is 1. The van der Waals surface area contributed by atoms with Crippen molar-refractivity contribution in [1.29, 1.82) is 0 Å². The molecule has 5 aromatic rings. The molecule has 0 aliphatic heterocycles. The molecule has 8 heteroatoms. The monoisotopic (exact) mass is 436 g/mol. The van der Waals surface area contributed by atoms with E-state index >= 15 is 0 Å². The lowest BCUT2D eigenvalue weighted by molar-refractivity contribution is 0.102. The maximum Gasteiger partial charge on any atom is 0.255 e. The van der Waals surface area contributed by atoms with Gasteiger partial charge in [-0.3, -0.25) is 9.78 Å². The van der Waals surface area contributed by atoms with Gasteiger partial charge in [0.05, 0.1) is 12.3 Å². The minimum Gasteiger partial charge on any atom is -0.494 e. The fraction of sp³-hybridized carbons (Fsp3) is 0.0800. The molecular weight excluding hydrogens is 416 g/mol. The molecule has 1 amide bonds. The number of hydrogen-bond donors (Lipinski definition) is 1. The van der Waals surface area contributed by atoms with Crippen LogP contribution in [-0.2, 0) is 0 Å². The van der Waals surface area contributed by atoms with E-state index in [4.69, 9.17) is 9.84 Å². The van der Waals surface area contributed by atoms with Crippen molar-refractivity contribution in [3.05, 3.63) is 90.6 Å². The van der Waals surface area contributed by atoms with Crippen LogP contribution in [0.4, 0.5) is 5.69 Å². The van der Waals surface area contributed by atoms with Crippen LogP contribution in [0.1, 0.15) is 17.3 Å². The minimum absolute atomic E-state index is 0.199. The van der Waals surface area contributed by atoms with E-state index in [-0.39, 0.29) is 5.91 Å². The van der Waals surface area contributed by atoms with Gasteiger partial charge < -0.3 is 10.1 Å². The molecule has 0 unspecified atom stereocenters. The molecule has 0 bridgehead atoms. The second-order valence-electron chi connectivity index (χ2n) is 7.22. The van der Waals surface area contributed by atoms with E-state index in [1.165, 1.54) is 0 Å². The summed E-state index contributed by atoms with van der Waals surface area (Å²) in [5, 5.41) is 16.1. The zero-order chi connectivity index (χ0) is 22.6. The predicted molar refractivity (Wildman–Crippen MR) is 125 cm³/mol. The average Bonchev–Trinajstić information content (AvgIpc) is 3.29. The Morgan fingerprint density at radius 1 is 0.939 bits per heavy atom. The Morgan fingerprint density at radius 2 is 1.82 bits per heavy atom. The molecule has 0 saturated carbocycles. The lowest BCUT2D eigenvalue weighted by Gasteiger charge is -2.09. The summed E-state index contributed by atoms with van der Waals surface area (Å²) < 4.78 is 7.10. The van der Waals surface area contributed by atoms with Crippen molar-refractivity contribution >= 4 is 17.2 Å². The lowest BCUT2D eigenvalue weighted by atomic mass is 10.1. The molecule has 8 nitrogen and oxygen atoms in total. The van der Waals surface area contributed by atoms with Crippen molar-refractivity contribution in [2.24, 2.45) is 0 Å². The molecule has 0 spiro atoms. The van der Waals surface area contributed by atoms with Crippen LogP contribution in [0, 0.1) is 0 Å². The smallest absolute Gasteiger partial charge is 0.255 e. The molecule has 3 aromatic heterocycles. The van der Waals surface area contributed by atoms with Crippen molar-refractivity contribution in [2.75, 3.05) is 11.9 Å². The summed E-state index contributed by atoms with van der Waals surface area (Å²) in [4.78, 5) is 17.0. The molecule has 5 rings (SSSR count). The third-order valence-electron chi connectivity index (χ3n) is 5.00. The van der Waals surface area contributed by atoms with Gasteiger partial charge >= 0.3 is 0 Å². The molecule has 0 fully saturated rings. The highest BCUT2D eigenvalue weighted by atomic mass is 16.5. The van der Waals surface area contributed by atoms with Crippen molar-refractivity contribution in [3.63, 3.8) is 0 Å². The van der Waals surface area contributed by atoms with E-state index in [0.29, 0.717) is 35.0 Å². The summed E-state index contributed by atoms with van der Waals surface area (Å²) in [6.45, 7) is 2.50. The van der Waals surface area contributed by atoms with Crippen LogP contribution in [-0.4, -0.2) is 37.3 Å². The maximum absolute atomic E-state index is 12.7. The molecular formula is C25H20N6O2. The number of carbonyl (C=O) groups is 1. The number of carbonyl (C=O) groups excluding carboxylic acids is 1. The van der Waals surface area contributed by atoms with Gasteiger partial charge in [-0.25, -0.2) is 0 Å². The zero-order valence-corrected chi connectivity index (χ0v) is 17.8. The van der Waals surface area contributed by atoms with Crippen molar-refractivity contribution in [1.82, 2.24) is 24.8 Å². The van der Waals surface area contributed by atoms with E-state index in [9.17, 15) is 4.79 Å². The van der Waals surface area contributed by atoms with Crippen LogP contribution in [0.2, 0.25) is 0 Å². The molecule has 3 heterocycles. The van der Waals surface area contributed by atoms with Gasteiger partial charge in [0.25, 0.3) is 5.91 Å². The highest BCUT2D eigenvalue weighted by molar-refractivity contribution is 6.04. The number of fused-ring (bicyclic) bond motifs is 1. The number of ether oxygens (including phenoxy) is 1. The third-order valence-corrected chi connectivity index (χ3v) is 5.00. The fourth-order valence-corrected chi connectivity index (χ4v) is 3.43. The summed E-state index contributed by atoms with van der Waals surface area (Å²) in [6, 6.07) is 23.9. The van der Waals surface area contributed by atoms with Crippen molar-refractivity contribution in [2.45, 2.75) is 6.92 Å². The molecule has 0 saturated heterocycles. The molecule has 0 aliphatic carbocycles. The number of pyridine rings is 1. The molecule has 1 N–H and O–H groups in total. The number of anilines is 1. The largest absolute Gasteiger partial charge is 0.494 e. The molecule has 2 aromatic carbocycles. The first-order valence-electron chi connectivity index (χ1n) is 10.5. The van der Waals surface area contributed by atoms with Crippen LogP contribution >= 0.6 is 0 Å².